The summed E-state index contributed by atoms with van der Waals surface area (Å²) in [5, 5.41) is 3.89. The monoisotopic (exact) mass is 210 g/mol. The lowest BCUT2D eigenvalue weighted by Crippen LogP contribution is -2.26. The topological polar surface area (TPSA) is 68.2 Å². The van der Waals surface area contributed by atoms with Gasteiger partial charge in [-0.25, -0.2) is 0 Å². The van der Waals surface area contributed by atoms with Gasteiger partial charge in [-0.3, -0.25) is 0 Å². The zero-order chi connectivity index (χ0) is 10.7. The molecule has 2 heterocycles. The van der Waals surface area contributed by atoms with Gasteiger partial charge >= 0.3 is 0 Å². The third-order valence-electron chi connectivity index (χ3n) is 2.96. The average Bonchev–Trinajstić information content (AvgIpc) is 2.79. The van der Waals surface area contributed by atoms with Crippen LogP contribution in [0, 0.1) is 0 Å². The minimum Gasteiger partial charge on any atom is -0.339 e. The molecule has 0 aromatic carbocycles. The number of hydrogen-bond donors (Lipinski definition) is 1. The Hall–Kier alpha value is -0.940. The fourth-order valence-corrected chi connectivity index (χ4v) is 2.04. The molecule has 0 saturated carbocycles. The summed E-state index contributed by atoms with van der Waals surface area (Å²) in [6, 6.07) is 0.566. The minimum absolute atomic E-state index is 0.566. The number of nitrogens with two attached hydrogens (primary N) is 1. The van der Waals surface area contributed by atoms with E-state index in [2.05, 4.69) is 22.1 Å². The third kappa shape index (κ3) is 2.54. The maximum absolute atomic E-state index is 5.43. The van der Waals surface area contributed by atoms with Crippen LogP contribution < -0.4 is 5.73 Å². The van der Waals surface area contributed by atoms with Crippen LogP contribution in [0.15, 0.2) is 4.52 Å². The highest BCUT2D eigenvalue weighted by Crippen LogP contribution is 2.18. The van der Waals surface area contributed by atoms with Gasteiger partial charge in [-0.05, 0) is 33.0 Å². The first-order valence-corrected chi connectivity index (χ1v) is 5.51. The van der Waals surface area contributed by atoms with Gasteiger partial charge < -0.3 is 15.2 Å². The van der Waals surface area contributed by atoms with Crippen LogP contribution in [-0.4, -0.2) is 41.2 Å². The molecular weight excluding hydrogens is 192 g/mol. The number of likely N-dealkylation sites (tertiary alicyclic amines) is 1. The van der Waals surface area contributed by atoms with Crippen LogP contribution in [0.3, 0.4) is 0 Å². The second kappa shape index (κ2) is 4.72. The molecule has 1 aromatic rings. The Morgan fingerprint density at radius 2 is 2.47 bits per heavy atom. The molecule has 0 radical (unpaired) electrons. The summed E-state index contributed by atoms with van der Waals surface area (Å²) in [6.45, 7) is 1.75. The summed E-state index contributed by atoms with van der Waals surface area (Å²) < 4.78 is 5.18. The zero-order valence-electron chi connectivity index (χ0n) is 9.15. The fourth-order valence-electron chi connectivity index (χ4n) is 2.04. The lowest BCUT2D eigenvalue weighted by molar-refractivity contribution is 0.278. The van der Waals surface area contributed by atoms with E-state index in [1.165, 1.54) is 19.4 Å². The van der Waals surface area contributed by atoms with Crippen LogP contribution in [0.25, 0.3) is 0 Å². The molecular formula is C10H18N4O. The van der Waals surface area contributed by atoms with Crippen LogP contribution >= 0.6 is 0 Å². The molecule has 1 atom stereocenters. The van der Waals surface area contributed by atoms with Crippen molar-refractivity contribution in [2.75, 3.05) is 20.1 Å². The zero-order valence-corrected chi connectivity index (χ0v) is 9.15. The second-order valence-corrected chi connectivity index (χ2v) is 4.12. The van der Waals surface area contributed by atoms with E-state index in [9.17, 15) is 0 Å². The number of likely N-dealkylation sites (N-methyl/N-ethyl adjacent to an activating group) is 1. The molecule has 1 fully saturated rings. The Balaban J connectivity index is 1.92. The van der Waals surface area contributed by atoms with Gasteiger partial charge in [0.15, 0.2) is 5.82 Å². The molecule has 5 heteroatoms. The Morgan fingerprint density at radius 3 is 3.13 bits per heavy atom. The molecule has 1 unspecified atom stereocenters. The standard InChI is InChI=1S/C10H18N4O/c1-14-6-2-3-8(14)7-10-12-9(4-5-11)13-15-10/h8H,2-7,11H2,1H3. The average molecular weight is 210 g/mol. The van der Waals surface area contributed by atoms with Crippen molar-refractivity contribution in [1.82, 2.24) is 15.0 Å². The van der Waals surface area contributed by atoms with Gasteiger partial charge in [-0.2, -0.15) is 4.98 Å². The van der Waals surface area contributed by atoms with Crippen molar-refractivity contribution in [1.29, 1.82) is 0 Å². The first-order chi connectivity index (χ1) is 7.29. The van der Waals surface area contributed by atoms with Crippen LogP contribution in [-0.2, 0) is 12.8 Å². The molecule has 1 aromatic heterocycles. The predicted molar refractivity (Wildman–Crippen MR) is 56.4 cm³/mol. The van der Waals surface area contributed by atoms with Gasteiger partial charge in [0.25, 0.3) is 0 Å². The lowest BCUT2D eigenvalue weighted by atomic mass is 10.1. The first-order valence-electron chi connectivity index (χ1n) is 5.51. The largest absolute Gasteiger partial charge is 0.339 e. The maximum atomic E-state index is 5.43. The summed E-state index contributed by atoms with van der Waals surface area (Å²) in [6.07, 6.45) is 4.06. The highest BCUT2D eigenvalue weighted by Gasteiger charge is 2.23. The van der Waals surface area contributed by atoms with E-state index >= 15 is 0 Å². The van der Waals surface area contributed by atoms with Crippen LogP contribution in [0.1, 0.15) is 24.6 Å². The van der Waals surface area contributed by atoms with Crippen LogP contribution in [0.2, 0.25) is 0 Å². The Labute approximate surface area is 89.6 Å². The summed E-state index contributed by atoms with van der Waals surface area (Å²) in [5.74, 6) is 1.48. The predicted octanol–water partition coefficient (Wildman–Crippen LogP) is 0.207. The van der Waals surface area contributed by atoms with Gasteiger partial charge in [-0.1, -0.05) is 5.16 Å². The van der Waals surface area contributed by atoms with E-state index in [-0.39, 0.29) is 0 Å². The number of aromatic nitrogens is 2. The quantitative estimate of drug-likeness (QED) is 0.769. The molecule has 0 bridgehead atoms. The minimum atomic E-state index is 0.566. The van der Waals surface area contributed by atoms with Crippen molar-refractivity contribution < 1.29 is 4.52 Å². The van der Waals surface area contributed by atoms with Crippen molar-refractivity contribution >= 4 is 0 Å². The molecule has 0 spiro atoms. The smallest absolute Gasteiger partial charge is 0.228 e. The van der Waals surface area contributed by atoms with E-state index in [1.54, 1.807) is 0 Å². The second-order valence-electron chi connectivity index (χ2n) is 4.12. The summed E-state index contributed by atoms with van der Waals surface area (Å²) >= 11 is 0. The summed E-state index contributed by atoms with van der Waals surface area (Å²) in [5.41, 5.74) is 5.43. The van der Waals surface area contributed by atoms with Crippen molar-refractivity contribution in [3.05, 3.63) is 11.7 Å². The van der Waals surface area contributed by atoms with Crippen LogP contribution in [0.4, 0.5) is 0 Å². The molecule has 1 aliphatic rings. The number of hydrogen-bond acceptors (Lipinski definition) is 5. The normalized spacial score (nSPS) is 22.4. The Morgan fingerprint density at radius 1 is 1.60 bits per heavy atom. The lowest BCUT2D eigenvalue weighted by Gasteiger charge is -2.16. The first kappa shape index (κ1) is 10.6. The van der Waals surface area contributed by atoms with E-state index in [0.717, 1.165) is 18.1 Å². The van der Waals surface area contributed by atoms with Crippen molar-refractivity contribution in [2.24, 2.45) is 5.73 Å². The third-order valence-corrected chi connectivity index (χ3v) is 2.96. The molecule has 0 amide bonds. The number of nitrogens with zero attached hydrogens (tertiary/aromatic N) is 3. The molecule has 84 valence electrons. The fraction of sp³-hybridized carbons (Fsp3) is 0.800. The van der Waals surface area contributed by atoms with E-state index in [0.29, 0.717) is 19.0 Å². The van der Waals surface area contributed by atoms with Gasteiger partial charge in [0.2, 0.25) is 5.89 Å². The van der Waals surface area contributed by atoms with Crippen molar-refractivity contribution in [2.45, 2.75) is 31.7 Å². The Kier molecular flexibility index (Phi) is 3.33. The van der Waals surface area contributed by atoms with Gasteiger partial charge in [-0.15, -0.1) is 0 Å². The van der Waals surface area contributed by atoms with Crippen molar-refractivity contribution in [3.8, 4) is 0 Å². The van der Waals surface area contributed by atoms with Gasteiger partial charge in [0, 0.05) is 18.9 Å². The maximum Gasteiger partial charge on any atom is 0.228 e. The van der Waals surface area contributed by atoms with E-state index in [1.807, 2.05) is 0 Å². The molecule has 0 aliphatic carbocycles. The van der Waals surface area contributed by atoms with Crippen LogP contribution in [0.5, 0.6) is 0 Å². The Bertz CT molecular complexity index is 312. The molecule has 15 heavy (non-hydrogen) atoms. The van der Waals surface area contributed by atoms with Gasteiger partial charge in [0.05, 0.1) is 0 Å². The molecule has 1 saturated heterocycles. The molecule has 2 N–H and O–H groups in total. The van der Waals surface area contributed by atoms with E-state index < -0.39 is 0 Å². The molecule has 2 rings (SSSR count). The SMILES string of the molecule is CN1CCCC1Cc1nc(CCN)no1. The summed E-state index contributed by atoms with van der Waals surface area (Å²) in [4.78, 5) is 6.67. The van der Waals surface area contributed by atoms with Crippen molar-refractivity contribution in [3.63, 3.8) is 0 Å². The highest BCUT2D eigenvalue weighted by atomic mass is 16.5. The molecule has 5 nitrogen and oxygen atoms in total. The van der Waals surface area contributed by atoms with E-state index in [4.69, 9.17) is 10.3 Å². The summed E-state index contributed by atoms with van der Waals surface area (Å²) in [7, 11) is 2.15. The van der Waals surface area contributed by atoms with Gasteiger partial charge in [0.1, 0.15) is 0 Å². The number of rotatable bonds is 4. The highest BCUT2D eigenvalue weighted by molar-refractivity contribution is 4.91. The molecule has 1 aliphatic heterocycles.